The van der Waals surface area contributed by atoms with Gasteiger partial charge in [-0.05, 0) is 19.9 Å². The molecular formula is C9H14BrNO2. The average Bonchev–Trinajstić information content (AvgIpc) is 2.32. The SMILES string of the molecule is C=C(Br)CN1CCC(C)(C(=O)O)C1. The Morgan fingerprint density at radius 3 is 2.77 bits per heavy atom. The van der Waals surface area contributed by atoms with Crippen molar-refractivity contribution in [3.63, 3.8) is 0 Å². The van der Waals surface area contributed by atoms with Gasteiger partial charge < -0.3 is 5.11 Å². The van der Waals surface area contributed by atoms with Gasteiger partial charge in [0.25, 0.3) is 0 Å². The predicted molar refractivity (Wildman–Crippen MR) is 54.9 cm³/mol. The predicted octanol–water partition coefficient (Wildman–Crippen LogP) is 1.69. The second-order valence-electron chi connectivity index (χ2n) is 3.84. The van der Waals surface area contributed by atoms with Gasteiger partial charge in [0.15, 0.2) is 0 Å². The molecule has 1 aliphatic rings. The Morgan fingerprint density at radius 1 is 1.77 bits per heavy atom. The van der Waals surface area contributed by atoms with Gasteiger partial charge in [0, 0.05) is 17.6 Å². The third-order valence-corrected chi connectivity index (χ3v) is 2.71. The maximum atomic E-state index is 10.9. The van der Waals surface area contributed by atoms with E-state index in [4.69, 9.17) is 5.11 Å². The Labute approximate surface area is 86.5 Å². The van der Waals surface area contributed by atoms with Crippen molar-refractivity contribution in [1.29, 1.82) is 0 Å². The van der Waals surface area contributed by atoms with E-state index in [0.717, 1.165) is 24.0 Å². The van der Waals surface area contributed by atoms with Crippen molar-refractivity contribution in [2.45, 2.75) is 13.3 Å². The lowest BCUT2D eigenvalue weighted by atomic mass is 9.90. The molecule has 0 spiro atoms. The number of hydrogen-bond donors (Lipinski definition) is 1. The molecule has 13 heavy (non-hydrogen) atoms. The minimum atomic E-state index is -0.699. The number of halogens is 1. The standard InChI is InChI=1S/C9H14BrNO2/c1-7(10)5-11-4-3-9(2,6-11)8(12)13/h1,3-6H2,2H3,(H,12,13). The van der Waals surface area contributed by atoms with Crippen LogP contribution < -0.4 is 0 Å². The molecule has 0 radical (unpaired) electrons. The van der Waals surface area contributed by atoms with E-state index in [1.54, 1.807) is 6.92 Å². The average molecular weight is 248 g/mol. The molecule has 1 saturated heterocycles. The van der Waals surface area contributed by atoms with Gasteiger partial charge in [0.2, 0.25) is 0 Å². The maximum absolute atomic E-state index is 10.9. The van der Waals surface area contributed by atoms with E-state index in [2.05, 4.69) is 27.4 Å². The van der Waals surface area contributed by atoms with E-state index in [1.165, 1.54) is 0 Å². The summed E-state index contributed by atoms with van der Waals surface area (Å²) in [5, 5.41) is 8.96. The fourth-order valence-electron chi connectivity index (χ4n) is 1.61. The first kappa shape index (κ1) is 10.7. The first-order valence-corrected chi connectivity index (χ1v) is 5.02. The van der Waals surface area contributed by atoms with Crippen molar-refractivity contribution in [3.8, 4) is 0 Å². The smallest absolute Gasteiger partial charge is 0.310 e. The van der Waals surface area contributed by atoms with E-state index in [-0.39, 0.29) is 0 Å². The zero-order valence-electron chi connectivity index (χ0n) is 7.72. The molecule has 1 rings (SSSR count). The topological polar surface area (TPSA) is 40.5 Å². The van der Waals surface area contributed by atoms with E-state index >= 15 is 0 Å². The van der Waals surface area contributed by atoms with Gasteiger partial charge >= 0.3 is 5.97 Å². The molecule has 1 aliphatic heterocycles. The van der Waals surface area contributed by atoms with E-state index in [1.807, 2.05) is 0 Å². The van der Waals surface area contributed by atoms with Gasteiger partial charge in [-0.15, -0.1) is 0 Å². The summed E-state index contributed by atoms with van der Waals surface area (Å²) in [7, 11) is 0. The van der Waals surface area contributed by atoms with Gasteiger partial charge in [-0.25, -0.2) is 0 Å². The van der Waals surface area contributed by atoms with Crippen LogP contribution in [0.4, 0.5) is 0 Å². The molecule has 0 saturated carbocycles. The Kier molecular flexibility index (Phi) is 3.14. The van der Waals surface area contributed by atoms with Crippen molar-refractivity contribution in [3.05, 3.63) is 11.1 Å². The molecular weight excluding hydrogens is 234 g/mol. The summed E-state index contributed by atoms with van der Waals surface area (Å²) in [5.74, 6) is -0.699. The molecule has 1 fully saturated rings. The molecule has 4 heteroatoms. The van der Waals surface area contributed by atoms with Gasteiger partial charge in [0.1, 0.15) is 0 Å². The monoisotopic (exact) mass is 247 g/mol. The summed E-state index contributed by atoms with van der Waals surface area (Å²) >= 11 is 3.28. The van der Waals surface area contributed by atoms with Crippen LogP contribution in [0, 0.1) is 5.41 Å². The van der Waals surface area contributed by atoms with Crippen LogP contribution in [-0.4, -0.2) is 35.6 Å². The van der Waals surface area contributed by atoms with Crippen LogP contribution in [0.1, 0.15) is 13.3 Å². The van der Waals surface area contributed by atoms with Gasteiger partial charge in [-0.1, -0.05) is 22.5 Å². The van der Waals surface area contributed by atoms with Crippen molar-refractivity contribution in [2.75, 3.05) is 19.6 Å². The minimum absolute atomic E-state index is 0.567. The summed E-state index contributed by atoms with van der Waals surface area (Å²) in [6.45, 7) is 7.73. The lowest BCUT2D eigenvalue weighted by Crippen LogP contribution is -2.32. The fourth-order valence-corrected chi connectivity index (χ4v) is 1.96. The van der Waals surface area contributed by atoms with Crippen molar-refractivity contribution in [2.24, 2.45) is 5.41 Å². The highest BCUT2D eigenvalue weighted by Gasteiger charge is 2.40. The summed E-state index contributed by atoms with van der Waals surface area (Å²) in [4.78, 5) is 13.0. The van der Waals surface area contributed by atoms with Gasteiger partial charge in [-0.3, -0.25) is 9.69 Å². The summed E-state index contributed by atoms with van der Waals surface area (Å²) in [6, 6.07) is 0. The number of carboxylic acid groups (broad SMARTS) is 1. The molecule has 1 atom stereocenters. The second-order valence-corrected chi connectivity index (χ2v) is 4.97. The highest BCUT2D eigenvalue weighted by molar-refractivity contribution is 9.11. The van der Waals surface area contributed by atoms with E-state index in [0.29, 0.717) is 6.54 Å². The Balaban J connectivity index is 2.53. The molecule has 3 nitrogen and oxygen atoms in total. The minimum Gasteiger partial charge on any atom is -0.481 e. The van der Waals surface area contributed by atoms with Crippen molar-refractivity contribution in [1.82, 2.24) is 4.90 Å². The third-order valence-electron chi connectivity index (χ3n) is 2.46. The number of aliphatic carboxylic acids is 1. The van der Waals surface area contributed by atoms with Crippen molar-refractivity contribution < 1.29 is 9.90 Å². The quantitative estimate of drug-likeness (QED) is 0.826. The molecule has 1 unspecified atom stereocenters. The molecule has 0 aromatic carbocycles. The molecule has 1 heterocycles. The molecule has 1 N–H and O–H groups in total. The number of likely N-dealkylation sites (tertiary alicyclic amines) is 1. The van der Waals surface area contributed by atoms with Crippen LogP contribution in [0.3, 0.4) is 0 Å². The summed E-state index contributed by atoms with van der Waals surface area (Å²) in [6.07, 6.45) is 0.725. The molecule has 0 bridgehead atoms. The molecule has 74 valence electrons. The second kappa shape index (κ2) is 3.80. The summed E-state index contributed by atoms with van der Waals surface area (Å²) in [5.41, 5.74) is -0.567. The molecule has 0 aromatic rings. The number of carbonyl (C=O) groups is 1. The van der Waals surface area contributed by atoms with Crippen LogP contribution in [-0.2, 0) is 4.79 Å². The number of rotatable bonds is 3. The Hall–Kier alpha value is -0.350. The normalized spacial score (nSPS) is 29.1. The number of nitrogens with zero attached hydrogens (tertiary/aromatic N) is 1. The van der Waals surface area contributed by atoms with Gasteiger partial charge in [-0.2, -0.15) is 0 Å². The lowest BCUT2D eigenvalue weighted by Gasteiger charge is -2.19. The lowest BCUT2D eigenvalue weighted by molar-refractivity contribution is -0.147. The maximum Gasteiger partial charge on any atom is 0.310 e. The number of carboxylic acids is 1. The largest absolute Gasteiger partial charge is 0.481 e. The number of hydrogen-bond acceptors (Lipinski definition) is 2. The Morgan fingerprint density at radius 2 is 2.38 bits per heavy atom. The zero-order valence-corrected chi connectivity index (χ0v) is 9.30. The highest BCUT2D eigenvalue weighted by atomic mass is 79.9. The van der Waals surface area contributed by atoms with Crippen molar-refractivity contribution >= 4 is 21.9 Å². The van der Waals surface area contributed by atoms with Crippen LogP contribution in [0.5, 0.6) is 0 Å². The fraction of sp³-hybridized carbons (Fsp3) is 0.667. The van der Waals surface area contributed by atoms with Gasteiger partial charge in [0.05, 0.1) is 5.41 Å². The first-order chi connectivity index (χ1) is 5.94. The third kappa shape index (κ3) is 2.54. The molecule has 0 amide bonds. The van der Waals surface area contributed by atoms with E-state index < -0.39 is 11.4 Å². The molecule has 0 aliphatic carbocycles. The van der Waals surface area contributed by atoms with E-state index in [9.17, 15) is 4.79 Å². The summed E-state index contributed by atoms with van der Waals surface area (Å²) < 4.78 is 0.905. The first-order valence-electron chi connectivity index (χ1n) is 4.23. The Bertz CT molecular complexity index is 242. The van der Waals surface area contributed by atoms with Crippen LogP contribution >= 0.6 is 15.9 Å². The zero-order chi connectivity index (χ0) is 10.1. The van der Waals surface area contributed by atoms with Crippen LogP contribution in [0.2, 0.25) is 0 Å². The van der Waals surface area contributed by atoms with Crippen LogP contribution in [0.25, 0.3) is 0 Å². The molecule has 0 aromatic heterocycles. The van der Waals surface area contributed by atoms with Crippen LogP contribution in [0.15, 0.2) is 11.1 Å². The highest BCUT2D eigenvalue weighted by Crippen LogP contribution is 2.30.